The van der Waals surface area contributed by atoms with Gasteiger partial charge >= 0.3 is 6.03 Å². The number of hydrogen-bond acceptors (Lipinski definition) is 5. The van der Waals surface area contributed by atoms with Crippen molar-refractivity contribution in [3.05, 3.63) is 59.4 Å². The molecule has 0 radical (unpaired) electrons. The molecule has 0 spiro atoms. The van der Waals surface area contributed by atoms with Gasteiger partial charge < -0.3 is 19.2 Å². The molecule has 32 heavy (non-hydrogen) atoms. The molecule has 2 aromatic rings. The number of nitrogens with zero attached hydrogens (tertiary/aromatic N) is 3. The molecule has 1 fully saturated rings. The molecule has 0 aliphatic carbocycles. The maximum atomic E-state index is 14.4. The van der Waals surface area contributed by atoms with Crippen molar-refractivity contribution >= 4 is 17.4 Å². The Morgan fingerprint density at radius 3 is 2.44 bits per heavy atom. The van der Waals surface area contributed by atoms with Crippen molar-refractivity contribution in [1.82, 2.24) is 4.90 Å². The van der Waals surface area contributed by atoms with Gasteiger partial charge in [-0.2, -0.15) is 0 Å². The van der Waals surface area contributed by atoms with E-state index in [9.17, 15) is 9.18 Å². The minimum absolute atomic E-state index is 0.112. The lowest BCUT2D eigenvalue weighted by atomic mass is 9.90. The third-order valence-electron chi connectivity index (χ3n) is 5.36. The molecule has 1 heterocycles. The number of carbonyl (C=O) groups excluding carboxylic acids is 1. The number of hydrogen-bond donors (Lipinski definition) is 0. The molecule has 0 N–H and O–H groups in total. The fraction of sp³-hybridized carbons (Fsp3) is 0.417. The second-order valence-electron chi connectivity index (χ2n) is 7.91. The summed E-state index contributed by atoms with van der Waals surface area (Å²) in [5.74, 6) is 0.167. The molecule has 0 saturated carbocycles. The third kappa shape index (κ3) is 5.97. The fourth-order valence-corrected chi connectivity index (χ4v) is 3.62. The Bertz CT molecular complexity index is 941. The normalized spacial score (nSPS) is 14.7. The summed E-state index contributed by atoms with van der Waals surface area (Å²) in [6.07, 6.45) is 1.62. The molecule has 7 nitrogen and oxygen atoms in total. The molecule has 0 unspecified atom stereocenters. The summed E-state index contributed by atoms with van der Waals surface area (Å²) in [5.41, 5.74) is 3.03. The first-order valence-electron chi connectivity index (χ1n) is 10.6. The van der Waals surface area contributed by atoms with Crippen molar-refractivity contribution in [3.63, 3.8) is 0 Å². The minimum Gasteiger partial charge on any atom is -0.489 e. The van der Waals surface area contributed by atoms with Crippen LogP contribution in [-0.4, -0.2) is 58.1 Å². The average molecular weight is 444 g/mol. The predicted octanol–water partition coefficient (Wildman–Crippen LogP) is 4.30. The van der Waals surface area contributed by atoms with Crippen LogP contribution in [-0.2, 0) is 16.2 Å². The van der Waals surface area contributed by atoms with Gasteiger partial charge in [-0.3, -0.25) is 4.90 Å². The second kappa shape index (κ2) is 10.9. The highest BCUT2D eigenvalue weighted by atomic mass is 19.1. The molecular formula is C24H30FN3O4. The van der Waals surface area contributed by atoms with Gasteiger partial charge in [-0.05, 0) is 42.7 Å². The Kier molecular flexibility index (Phi) is 8.05. The lowest BCUT2D eigenvalue weighted by Crippen LogP contribution is -2.36. The van der Waals surface area contributed by atoms with Crippen molar-refractivity contribution in [1.29, 1.82) is 0 Å². The maximum Gasteiger partial charge on any atom is 0.323 e. The molecule has 0 atom stereocenters. The molecular weight excluding hydrogens is 413 g/mol. The molecule has 172 valence electrons. The average Bonchev–Trinajstić information content (AvgIpc) is 2.80. The number of anilines is 1. The van der Waals surface area contributed by atoms with Gasteiger partial charge in [0.05, 0.1) is 5.71 Å². The van der Waals surface area contributed by atoms with Crippen LogP contribution in [0.15, 0.2) is 47.6 Å². The Balaban J connectivity index is 1.71. The second-order valence-corrected chi connectivity index (χ2v) is 7.91. The summed E-state index contributed by atoms with van der Waals surface area (Å²) in [6, 6.07) is 12.0. The zero-order valence-electron chi connectivity index (χ0n) is 19.0. The Hall–Kier alpha value is -3.13. The largest absolute Gasteiger partial charge is 0.489 e. The highest BCUT2D eigenvalue weighted by molar-refractivity contribution is 6.02. The van der Waals surface area contributed by atoms with Gasteiger partial charge in [-0.25, -0.2) is 9.18 Å². The predicted molar refractivity (Wildman–Crippen MR) is 122 cm³/mol. The van der Waals surface area contributed by atoms with Crippen LogP contribution in [0.3, 0.4) is 0 Å². The van der Waals surface area contributed by atoms with E-state index in [1.807, 2.05) is 24.3 Å². The summed E-state index contributed by atoms with van der Waals surface area (Å²) in [6.45, 7) is 1.57. The van der Waals surface area contributed by atoms with Crippen molar-refractivity contribution in [2.24, 2.45) is 11.1 Å². The van der Waals surface area contributed by atoms with E-state index in [0.29, 0.717) is 30.2 Å². The number of urea groups is 1. The van der Waals surface area contributed by atoms with Gasteiger partial charge in [-0.1, -0.05) is 17.3 Å². The van der Waals surface area contributed by atoms with Gasteiger partial charge in [-0.15, -0.1) is 0 Å². The van der Waals surface area contributed by atoms with E-state index in [4.69, 9.17) is 14.3 Å². The maximum absolute atomic E-state index is 14.4. The monoisotopic (exact) mass is 443 g/mol. The van der Waals surface area contributed by atoms with Gasteiger partial charge in [0.15, 0.2) is 0 Å². The topological polar surface area (TPSA) is 63.6 Å². The molecule has 1 aliphatic rings. The van der Waals surface area contributed by atoms with E-state index >= 15 is 0 Å². The number of halogens is 1. The first-order chi connectivity index (χ1) is 15.4. The van der Waals surface area contributed by atoms with E-state index in [1.54, 1.807) is 32.1 Å². The number of carbonyl (C=O) groups is 1. The summed E-state index contributed by atoms with van der Waals surface area (Å²) in [4.78, 5) is 20.2. The smallest absolute Gasteiger partial charge is 0.323 e. The first-order valence-corrected chi connectivity index (χ1v) is 10.6. The van der Waals surface area contributed by atoms with E-state index in [1.165, 1.54) is 24.1 Å². The third-order valence-corrected chi connectivity index (χ3v) is 5.36. The van der Waals surface area contributed by atoms with E-state index in [2.05, 4.69) is 5.16 Å². The summed E-state index contributed by atoms with van der Waals surface area (Å²) < 4.78 is 25.7. The number of oxime groups is 1. The quantitative estimate of drug-likeness (QED) is 0.473. The Labute approximate surface area is 188 Å². The van der Waals surface area contributed by atoms with Crippen LogP contribution >= 0.6 is 0 Å². The molecule has 2 aromatic carbocycles. The molecule has 1 aliphatic heterocycles. The van der Waals surface area contributed by atoms with Gasteiger partial charge in [0.2, 0.25) is 0 Å². The van der Waals surface area contributed by atoms with Crippen molar-refractivity contribution < 1.29 is 23.5 Å². The van der Waals surface area contributed by atoms with Crippen LogP contribution in [0.2, 0.25) is 0 Å². The molecule has 0 aromatic heterocycles. The lowest BCUT2D eigenvalue weighted by molar-refractivity contribution is 0.0816. The summed E-state index contributed by atoms with van der Waals surface area (Å²) >= 11 is 0. The first kappa shape index (κ1) is 23.5. The molecule has 8 heteroatoms. The molecule has 3 rings (SSSR count). The van der Waals surface area contributed by atoms with E-state index < -0.39 is 5.82 Å². The van der Waals surface area contributed by atoms with E-state index in [0.717, 1.165) is 24.1 Å². The zero-order valence-corrected chi connectivity index (χ0v) is 19.0. The highest BCUT2D eigenvalue weighted by Gasteiger charge is 2.23. The van der Waals surface area contributed by atoms with Gasteiger partial charge in [0.1, 0.15) is 25.3 Å². The standard InChI is InChI=1S/C24H30FN3O4/c1-27(2)24(29)28(3)21-7-5-17(6-8-21)16-32-22-14-19(13-20(25)15-22)23(26-30-4)18-9-11-31-12-10-18/h5-8,13-15,18H,9-12,16H2,1-4H3/b26-23+. The lowest BCUT2D eigenvalue weighted by Gasteiger charge is -2.23. The highest BCUT2D eigenvalue weighted by Crippen LogP contribution is 2.26. The van der Waals surface area contributed by atoms with E-state index in [-0.39, 0.29) is 18.6 Å². The fourth-order valence-electron chi connectivity index (χ4n) is 3.62. The van der Waals surface area contributed by atoms with Gasteiger partial charge in [0, 0.05) is 57.6 Å². The molecule has 2 amide bonds. The number of benzene rings is 2. The Morgan fingerprint density at radius 1 is 1.12 bits per heavy atom. The van der Waals surface area contributed by atoms with Crippen LogP contribution in [0.25, 0.3) is 0 Å². The SMILES string of the molecule is CO/N=C(/c1cc(F)cc(OCc2ccc(N(C)C(=O)N(C)C)cc2)c1)C1CCOCC1. The van der Waals surface area contributed by atoms with Crippen molar-refractivity contribution in [3.8, 4) is 5.75 Å². The van der Waals surface area contributed by atoms with Gasteiger partial charge in [0.25, 0.3) is 0 Å². The minimum atomic E-state index is -0.396. The number of rotatable bonds is 7. The summed E-state index contributed by atoms with van der Waals surface area (Å²) in [5, 5.41) is 4.17. The summed E-state index contributed by atoms with van der Waals surface area (Å²) in [7, 11) is 6.63. The van der Waals surface area contributed by atoms with Crippen LogP contribution in [0.5, 0.6) is 5.75 Å². The molecule has 1 saturated heterocycles. The number of ether oxygens (including phenoxy) is 2. The number of amides is 2. The zero-order chi connectivity index (χ0) is 23.1. The Morgan fingerprint density at radius 2 is 1.81 bits per heavy atom. The van der Waals surface area contributed by atoms with Crippen molar-refractivity contribution in [2.75, 3.05) is 46.4 Å². The van der Waals surface area contributed by atoms with Crippen molar-refractivity contribution in [2.45, 2.75) is 19.4 Å². The molecule has 0 bridgehead atoms. The van der Waals surface area contributed by atoms with Crippen LogP contribution in [0.1, 0.15) is 24.0 Å². The van der Waals surface area contributed by atoms with Crippen LogP contribution in [0, 0.1) is 11.7 Å². The van der Waals surface area contributed by atoms with Crippen LogP contribution in [0.4, 0.5) is 14.9 Å². The van der Waals surface area contributed by atoms with Crippen LogP contribution < -0.4 is 9.64 Å².